The average molecular weight is 517 g/mol. The van der Waals surface area contributed by atoms with Crippen LogP contribution in [0.2, 0.25) is 5.02 Å². The van der Waals surface area contributed by atoms with Crippen LogP contribution in [0, 0.1) is 0 Å². The van der Waals surface area contributed by atoms with Gasteiger partial charge in [-0.15, -0.1) is 0 Å². The smallest absolute Gasteiger partial charge is 0.270 e. The number of guanidine groups is 1. The van der Waals surface area contributed by atoms with Gasteiger partial charge in [0.2, 0.25) is 5.96 Å². The molecule has 1 aliphatic heterocycles. The predicted molar refractivity (Wildman–Crippen MR) is 136 cm³/mol. The van der Waals surface area contributed by atoms with E-state index in [0.29, 0.717) is 28.3 Å². The SMILES string of the molecule is O=C(NC1CN=C(Nc2ccc(Oc3ccon3)cc2)N(Cc2ccc(Cl)cc2)C1=O)c1ccccn1. The van der Waals surface area contributed by atoms with E-state index in [9.17, 15) is 9.59 Å². The van der Waals surface area contributed by atoms with Crippen LogP contribution in [0.25, 0.3) is 0 Å². The maximum Gasteiger partial charge on any atom is 0.270 e. The van der Waals surface area contributed by atoms with Crippen molar-refractivity contribution in [2.75, 3.05) is 11.9 Å². The highest BCUT2D eigenvalue weighted by Gasteiger charge is 2.33. The first kappa shape index (κ1) is 24.0. The fourth-order valence-corrected chi connectivity index (χ4v) is 3.74. The molecule has 0 spiro atoms. The van der Waals surface area contributed by atoms with Crippen LogP contribution < -0.4 is 15.4 Å². The molecular formula is C26H21ClN6O4. The molecule has 2 N–H and O–H groups in total. The third-order valence-corrected chi connectivity index (χ3v) is 5.70. The lowest BCUT2D eigenvalue weighted by Gasteiger charge is -2.32. The van der Waals surface area contributed by atoms with E-state index in [2.05, 4.69) is 25.8 Å². The van der Waals surface area contributed by atoms with Crippen molar-refractivity contribution in [1.82, 2.24) is 20.4 Å². The van der Waals surface area contributed by atoms with Crippen LogP contribution in [0.4, 0.5) is 5.69 Å². The molecule has 186 valence electrons. The van der Waals surface area contributed by atoms with Crippen molar-refractivity contribution in [2.45, 2.75) is 12.6 Å². The second-order valence-electron chi connectivity index (χ2n) is 8.05. The lowest BCUT2D eigenvalue weighted by atomic mass is 10.1. The van der Waals surface area contributed by atoms with Crippen LogP contribution >= 0.6 is 11.6 Å². The number of halogens is 1. The number of amides is 2. The number of rotatable bonds is 7. The second-order valence-corrected chi connectivity index (χ2v) is 8.48. The van der Waals surface area contributed by atoms with E-state index in [0.717, 1.165) is 5.56 Å². The minimum absolute atomic E-state index is 0.0736. The normalized spacial score (nSPS) is 15.2. The Kier molecular flexibility index (Phi) is 7.09. The Morgan fingerprint density at radius 3 is 2.59 bits per heavy atom. The van der Waals surface area contributed by atoms with Gasteiger partial charge in [0, 0.05) is 23.0 Å². The number of nitrogens with zero attached hydrogens (tertiary/aromatic N) is 4. The number of hydrogen-bond acceptors (Lipinski definition) is 8. The first-order chi connectivity index (χ1) is 18.0. The van der Waals surface area contributed by atoms with Crippen LogP contribution in [-0.2, 0) is 11.3 Å². The van der Waals surface area contributed by atoms with Gasteiger partial charge in [0.15, 0.2) is 0 Å². The Bertz CT molecular complexity index is 1390. The Labute approximate surface area is 216 Å². The number of carbonyl (C=O) groups is 2. The zero-order chi connectivity index (χ0) is 25.6. The van der Waals surface area contributed by atoms with Gasteiger partial charge in [-0.1, -0.05) is 29.8 Å². The van der Waals surface area contributed by atoms with Crippen molar-refractivity contribution < 1.29 is 18.8 Å². The molecule has 0 saturated heterocycles. The molecule has 2 aromatic carbocycles. The van der Waals surface area contributed by atoms with Gasteiger partial charge in [-0.25, -0.2) is 4.99 Å². The Morgan fingerprint density at radius 2 is 1.89 bits per heavy atom. The Hall–Kier alpha value is -4.70. The molecule has 0 saturated carbocycles. The largest absolute Gasteiger partial charge is 0.436 e. The highest BCUT2D eigenvalue weighted by Crippen LogP contribution is 2.23. The van der Waals surface area contributed by atoms with E-state index in [1.807, 2.05) is 12.1 Å². The van der Waals surface area contributed by atoms with Crippen LogP contribution in [-0.4, -0.2) is 45.4 Å². The third kappa shape index (κ3) is 5.93. The quantitative estimate of drug-likeness (QED) is 0.379. The number of benzene rings is 2. The van der Waals surface area contributed by atoms with Crippen molar-refractivity contribution >= 4 is 35.1 Å². The molecule has 11 heteroatoms. The summed E-state index contributed by atoms with van der Waals surface area (Å²) in [5.41, 5.74) is 1.76. The molecule has 1 atom stereocenters. The van der Waals surface area contributed by atoms with Crippen molar-refractivity contribution in [2.24, 2.45) is 4.99 Å². The minimum Gasteiger partial charge on any atom is -0.436 e. The van der Waals surface area contributed by atoms with Gasteiger partial charge in [0.1, 0.15) is 23.7 Å². The van der Waals surface area contributed by atoms with E-state index >= 15 is 0 Å². The van der Waals surface area contributed by atoms with E-state index in [-0.39, 0.29) is 24.7 Å². The maximum absolute atomic E-state index is 13.5. The van der Waals surface area contributed by atoms with Gasteiger partial charge in [-0.05, 0) is 59.3 Å². The molecular weight excluding hydrogens is 496 g/mol. The summed E-state index contributed by atoms with van der Waals surface area (Å²) < 4.78 is 10.4. The van der Waals surface area contributed by atoms with Crippen LogP contribution in [0.1, 0.15) is 16.1 Å². The van der Waals surface area contributed by atoms with Crippen molar-refractivity contribution in [3.63, 3.8) is 0 Å². The molecule has 2 amide bonds. The van der Waals surface area contributed by atoms with E-state index in [1.165, 1.54) is 17.4 Å². The fourth-order valence-electron chi connectivity index (χ4n) is 3.61. The molecule has 0 fully saturated rings. The topological polar surface area (TPSA) is 122 Å². The highest BCUT2D eigenvalue weighted by atomic mass is 35.5. The van der Waals surface area contributed by atoms with Crippen molar-refractivity contribution in [3.05, 3.63) is 102 Å². The molecule has 5 rings (SSSR count). The van der Waals surface area contributed by atoms with Gasteiger partial charge in [0.25, 0.3) is 17.7 Å². The van der Waals surface area contributed by atoms with Crippen molar-refractivity contribution in [3.8, 4) is 11.6 Å². The number of anilines is 1. The molecule has 1 aliphatic rings. The molecule has 4 aromatic rings. The molecule has 37 heavy (non-hydrogen) atoms. The van der Waals surface area contributed by atoms with E-state index in [4.69, 9.17) is 20.9 Å². The van der Waals surface area contributed by atoms with Gasteiger partial charge < -0.3 is 19.9 Å². The van der Waals surface area contributed by atoms with Crippen LogP contribution in [0.15, 0.2) is 94.8 Å². The number of hydrogen-bond donors (Lipinski definition) is 2. The van der Waals surface area contributed by atoms with Crippen LogP contribution in [0.3, 0.4) is 0 Å². The number of aliphatic imine (C=N–C) groups is 1. The summed E-state index contributed by atoms with van der Waals surface area (Å²) in [6, 6.07) is 20.0. The zero-order valence-electron chi connectivity index (χ0n) is 19.4. The summed E-state index contributed by atoms with van der Waals surface area (Å²) >= 11 is 6.03. The second kappa shape index (κ2) is 10.9. The lowest BCUT2D eigenvalue weighted by molar-refractivity contribution is -0.130. The summed E-state index contributed by atoms with van der Waals surface area (Å²) in [5.74, 6) is 0.517. The number of pyridine rings is 1. The number of nitrogens with one attached hydrogen (secondary N) is 2. The predicted octanol–water partition coefficient (Wildman–Crippen LogP) is 4.12. The lowest BCUT2D eigenvalue weighted by Crippen LogP contribution is -2.56. The summed E-state index contributed by atoms with van der Waals surface area (Å²) in [5, 5.41) is 10.3. The summed E-state index contributed by atoms with van der Waals surface area (Å²) in [6.07, 6.45) is 2.94. The zero-order valence-corrected chi connectivity index (χ0v) is 20.1. The minimum atomic E-state index is -0.842. The first-order valence-corrected chi connectivity index (χ1v) is 11.7. The van der Waals surface area contributed by atoms with Crippen LogP contribution in [0.5, 0.6) is 11.6 Å². The molecule has 0 aliphatic carbocycles. The number of ether oxygens (including phenoxy) is 1. The number of aromatic nitrogens is 2. The number of carbonyl (C=O) groups excluding carboxylic acids is 2. The molecule has 0 bridgehead atoms. The van der Waals surface area contributed by atoms with E-state index < -0.39 is 11.9 Å². The molecule has 10 nitrogen and oxygen atoms in total. The molecule has 0 radical (unpaired) electrons. The van der Waals surface area contributed by atoms with Gasteiger partial charge in [-0.3, -0.25) is 19.5 Å². The molecule has 1 unspecified atom stereocenters. The van der Waals surface area contributed by atoms with Gasteiger partial charge in [-0.2, -0.15) is 0 Å². The average Bonchev–Trinajstić information content (AvgIpc) is 3.43. The molecule has 3 heterocycles. The fraction of sp³-hybridized carbons (Fsp3) is 0.115. The maximum atomic E-state index is 13.5. The Morgan fingerprint density at radius 1 is 1.08 bits per heavy atom. The first-order valence-electron chi connectivity index (χ1n) is 11.3. The molecule has 2 aromatic heterocycles. The summed E-state index contributed by atoms with van der Waals surface area (Å²) in [6.45, 7) is 0.301. The van der Waals surface area contributed by atoms with Gasteiger partial charge in [0.05, 0.1) is 13.1 Å². The monoisotopic (exact) mass is 516 g/mol. The standard InChI is InChI=1S/C26H21ClN6O4/c27-18-6-4-17(5-7-18)16-33-25(35)22(31-24(34)21-3-1-2-13-28-21)15-29-26(33)30-19-8-10-20(11-9-19)37-23-12-14-36-32-23/h1-14,22H,15-16H2,(H,29,30)(H,31,34). The highest BCUT2D eigenvalue weighted by molar-refractivity contribution is 6.30. The van der Waals surface area contributed by atoms with Gasteiger partial charge >= 0.3 is 0 Å². The summed E-state index contributed by atoms with van der Waals surface area (Å²) in [4.78, 5) is 36.3. The Balaban J connectivity index is 1.34. The van der Waals surface area contributed by atoms with Crippen molar-refractivity contribution in [1.29, 1.82) is 0 Å². The third-order valence-electron chi connectivity index (χ3n) is 5.45. The summed E-state index contributed by atoms with van der Waals surface area (Å²) in [7, 11) is 0. The van der Waals surface area contributed by atoms with E-state index in [1.54, 1.807) is 60.7 Å².